The Bertz CT molecular complexity index is 1370. The average Bonchev–Trinajstić information content (AvgIpc) is 3.04. The molecule has 1 amide bonds. The molecule has 31 heavy (non-hydrogen) atoms. The number of rotatable bonds is 6. The molecule has 2 aromatic heterocycles. The van der Waals surface area contributed by atoms with E-state index >= 15 is 0 Å². The first kappa shape index (κ1) is 20.0. The highest BCUT2D eigenvalue weighted by molar-refractivity contribution is 6.03. The van der Waals surface area contributed by atoms with Gasteiger partial charge in [-0.05, 0) is 19.1 Å². The number of amides is 1. The minimum Gasteiger partial charge on any atom is -0.497 e. The van der Waals surface area contributed by atoms with Crippen LogP contribution >= 0.6 is 0 Å². The summed E-state index contributed by atoms with van der Waals surface area (Å²) in [5.41, 5.74) is 6.06. The summed E-state index contributed by atoms with van der Waals surface area (Å²) in [5, 5.41) is 0. The molecular weight excluding hydrogens is 398 g/mol. The van der Waals surface area contributed by atoms with E-state index in [9.17, 15) is 14.4 Å². The quantitative estimate of drug-likeness (QED) is 0.478. The number of nitrogens with zero attached hydrogens (tertiary/aromatic N) is 4. The number of hydrogen-bond acceptors (Lipinski definition) is 6. The largest absolute Gasteiger partial charge is 0.497 e. The Kier molecular flexibility index (Phi) is 5.08. The zero-order chi connectivity index (χ0) is 22.1. The van der Waals surface area contributed by atoms with Crippen LogP contribution < -0.4 is 16.2 Å². The van der Waals surface area contributed by atoms with E-state index in [0.717, 1.165) is 0 Å². The fraction of sp³-hybridized carbons (Fsp3) is 0.136. The summed E-state index contributed by atoms with van der Waals surface area (Å²) in [4.78, 5) is 47.0. The Labute approximate surface area is 176 Å². The Morgan fingerprint density at radius 1 is 1.06 bits per heavy atom. The maximum absolute atomic E-state index is 13.5. The summed E-state index contributed by atoms with van der Waals surface area (Å²) in [6, 6.07) is 15.4. The number of aryl methyl sites for hydroxylation is 1. The van der Waals surface area contributed by atoms with Gasteiger partial charge in [0.05, 0.1) is 19.3 Å². The third-order valence-electron chi connectivity index (χ3n) is 4.82. The van der Waals surface area contributed by atoms with Crippen molar-refractivity contribution in [2.24, 2.45) is 5.73 Å². The molecule has 0 aliphatic heterocycles. The molecule has 0 atom stereocenters. The third kappa shape index (κ3) is 3.57. The van der Waals surface area contributed by atoms with Crippen LogP contribution in [0.15, 0.2) is 59.4 Å². The topological polar surface area (TPSA) is 122 Å². The number of carbonyl (C=O) groups excluding carboxylic acids is 2. The number of aromatic nitrogens is 4. The molecule has 9 heteroatoms. The van der Waals surface area contributed by atoms with Gasteiger partial charge in [-0.3, -0.25) is 14.2 Å². The summed E-state index contributed by atoms with van der Waals surface area (Å²) in [6.45, 7) is 1.29. The number of benzene rings is 2. The van der Waals surface area contributed by atoms with Crippen molar-refractivity contribution in [1.29, 1.82) is 0 Å². The fourth-order valence-electron chi connectivity index (χ4n) is 3.42. The molecule has 0 unspecified atom stereocenters. The van der Waals surface area contributed by atoms with Gasteiger partial charge in [0, 0.05) is 11.6 Å². The number of nitrogens with two attached hydrogens (primary N) is 1. The van der Waals surface area contributed by atoms with E-state index in [2.05, 4.69) is 9.97 Å². The van der Waals surface area contributed by atoms with E-state index in [4.69, 9.17) is 10.5 Å². The van der Waals surface area contributed by atoms with Gasteiger partial charge < -0.3 is 10.5 Å². The van der Waals surface area contributed by atoms with E-state index in [1.165, 1.54) is 16.2 Å². The van der Waals surface area contributed by atoms with Crippen molar-refractivity contribution in [2.75, 3.05) is 7.11 Å². The van der Waals surface area contributed by atoms with Crippen LogP contribution in [0.1, 0.15) is 26.7 Å². The zero-order valence-corrected chi connectivity index (χ0v) is 16.9. The number of hydrogen-bond donors (Lipinski definition) is 1. The van der Waals surface area contributed by atoms with Crippen LogP contribution in [0.5, 0.6) is 5.75 Å². The predicted molar refractivity (Wildman–Crippen MR) is 114 cm³/mol. The number of primary amides is 1. The maximum atomic E-state index is 13.5. The molecule has 0 aliphatic rings. The summed E-state index contributed by atoms with van der Waals surface area (Å²) >= 11 is 0. The minimum atomic E-state index is -0.820. The SMILES string of the molecule is COc1cccc(-n2c(=O)n(CC(=O)c3ccccc3)c3c(C(N)=O)nc(C)nc32)c1. The van der Waals surface area contributed by atoms with Gasteiger partial charge in [0.2, 0.25) is 0 Å². The van der Waals surface area contributed by atoms with Crippen LogP contribution in [0.4, 0.5) is 0 Å². The molecule has 0 bridgehead atoms. The Morgan fingerprint density at radius 2 is 1.81 bits per heavy atom. The van der Waals surface area contributed by atoms with Crippen molar-refractivity contribution in [3.05, 3.63) is 82.2 Å². The molecule has 4 rings (SSSR count). The van der Waals surface area contributed by atoms with Crippen LogP contribution in [0.2, 0.25) is 0 Å². The van der Waals surface area contributed by atoms with Crippen molar-refractivity contribution in [2.45, 2.75) is 13.5 Å². The molecule has 0 radical (unpaired) electrons. The summed E-state index contributed by atoms with van der Waals surface area (Å²) < 4.78 is 7.76. The smallest absolute Gasteiger partial charge is 0.335 e. The number of carbonyl (C=O) groups is 2. The first-order valence-corrected chi connectivity index (χ1v) is 9.43. The molecule has 9 nitrogen and oxygen atoms in total. The summed E-state index contributed by atoms with van der Waals surface area (Å²) in [6.07, 6.45) is 0. The van der Waals surface area contributed by atoms with Crippen molar-refractivity contribution in [3.8, 4) is 11.4 Å². The standard InChI is InChI=1S/C22H19N5O4/c1-13-24-18(20(23)29)19-21(25-13)27(15-9-6-10-16(11-15)31-2)22(30)26(19)12-17(28)14-7-4-3-5-8-14/h3-11H,12H2,1-2H3,(H2,23,29). The van der Waals surface area contributed by atoms with Crippen molar-refractivity contribution in [1.82, 2.24) is 19.1 Å². The summed E-state index contributed by atoms with van der Waals surface area (Å²) in [7, 11) is 1.52. The van der Waals surface area contributed by atoms with Crippen molar-refractivity contribution in [3.63, 3.8) is 0 Å². The van der Waals surface area contributed by atoms with Gasteiger partial charge in [-0.2, -0.15) is 0 Å². The number of ketones is 1. The highest BCUT2D eigenvalue weighted by Crippen LogP contribution is 2.22. The predicted octanol–water partition coefficient (Wildman–Crippen LogP) is 1.88. The third-order valence-corrected chi connectivity index (χ3v) is 4.82. The lowest BCUT2D eigenvalue weighted by molar-refractivity contribution is 0.0966. The van der Waals surface area contributed by atoms with Gasteiger partial charge in [-0.25, -0.2) is 19.3 Å². The normalized spacial score (nSPS) is 10.9. The van der Waals surface area contributed by atoms with Crippen LogP contribution in [0, 0.1) is 6.92 Å². The molecular formula is C22H19N5O4. The maximum Gasteiger partial charge on any atom is 0.335 e. The van der Waals surface area contributed by atoms with Crippen LogP contribution in [-0.4, -0.2) is 37.9 Å². The van der Waals surface area contributed by atoms with Crippen molar-refractivity contribution >= 4 is 22.9 Å². The second-order valence-corrected chi connectivity index (χ2v) is 6.85. The van der Waals surface area contributed by atoms with Gasteiger partial charge in [0.25, 0.3) is 5.91 Å². The van der Waals surface area contributed by atoms with Crippen molar-refractivity contribution < 1.29 is 14.3 Å². The molecule has 0 saturated carbocycles. The monoisotopic (exact) mass is 417 g/mol. The van der Waals surface area contributed by atoms with Crippen LogP contribution in [0.25, 0.3) is 16.9 Å². The van der Waals surface area contributed by atoms with E-state index in [-0.39, 0.29) is 35.0 Å². The number of fused-ring (bicyclic) bond motifs is 1. The van der Waals surface area contributed by atoms with Gasteiger partial charge in [0.15, 0.2) is 17.1 Å². The molecule has 0 aliphatic carbocycles. The first-order valence-electron chi connectivity index (χ1n) is 9.43. The summed E-state index contributed by atoms with van der Waals surface area (Å²) in [5.74, 6) is -0.321. The second-order valence-electron chi connectivity index (χ2n) is 6.85. The molecule has 2 heterocycles. The number of methoxy groups -OCH3 is 1. The molecule has 0 fully saturated rings. The highest BCUT2D eigenvalue weighted by atomic mass is 16.5. The molecule has 156 valence electrons. The van der Waals surface area contributed by atoms with Gasteiger partial charge >= 0.3 is 5.69 Å². The molecule has 2 aromatic carbocycles. The van der Waals surface area contributed by atoms with Gasteiger partial charge in [0.1, 0.15) is 17.1 Å². The Hall–Kier alpha value is -4.27. The average molecular weight is 417 g/mol. The zero-order valence-electron chi connectivity index (χ0n) is 16.9. The van der Waals surface area contributed by atoms with Crippen LogP contribution in [0.3, 0.4) is 0 Å². The lowest BCUT2D eigenvalue weighted by atomic mass is 10.1. The van der Waals surface area contributed by atoms with Crippen LogP contribution in [-0.2, 0) is 6.54 Å². The minimum absolute atomic E-state index is 0.107. The Morgan fingerprint density at radius 3 is 2.48 bits per heavy atom. The highest BCUT2D eigenvalue weighted by Gasteiger charge is 2.24. The number of imidazole rings is 1. The van der Waals surface area contributed by atoms with Gasteiger partial charge in [-0.15, -0.1) is 0 Å². The van der Waals surface area contributed by atoms with E-state index in [1.807, 2.05) is 0 Å². The second kappa shape index (κ2) is 7.86. The molecule has 4 aromatic rings. The fourth-order valence-corrected chi connectivity index (χ4v) is 3.42. The van der Waals surface area contributed by atoms with Gasteiger partial charge in [-0.1, -0.05) is 36.4 Å². The van der Waals surface area contributed by atoms with E-state index in [1.54, 1.807) is 61.5 Å². The molecule has 0 saturated heterocycles. The van der Waals surface area contributed by atoms with E-state index in [0.29, 0.717) is 17.0 Å². The van der Waals surface area contributed by atoms with E-state index < -0.39 is 11.6 Å². The molecule has 0 spiro atoms. The first-order chi connectivity index (χ1) is 14.9. The number of Topliss-reactive ketones (excluding diaryl/α,β-unsaturated/α-hetero) is 1. The number of ether oxygens (including phenoxy) is 1. The molecule has 2 N–H and O–H groups in total. The Balaban J connectivity index is 2.01. The lowest BCUT2D eigenvalue weighted by Gasteiger charge is -2.06. The lowest BCUT2D eigenvalue weighted by Crippen LogP contribution is -2.27.